The summed E-state index contributed by atoms with van der Waals surface area (Å²) in [6, 6.07) is 0.266. The van der Waals surface area contributed by atoms with Gasteiger partial charge in [0.15, 0.2) is 0 Å². The molecule has 4 heteroatoms. The maximum absolute atomic E-state index is 12.3. The summed E-state index contributed by atoms with van der Waals surface area (Å²) in [5.41, 5.74) is 0. The van der Waals surface area contributed by atoms with Gasteiger partial charge in [-0.05, 0) is 38.5 Å². The second-order valence-corrected chi connectivity index (χ2v) is 5.40. The lowest BCUT2D eigenvalue weighted by Gasteiger charge is -2.37. The molecule has 0 bridgehead atoms. The minimum Gasteiger partial charge on any atom is -0.395 e. The minimum absolute atomic E-state index is 0.0501. The summed E-state index contributed by atoms with van der Waals surface area (Å²) in [5.74, 6) is 0.669. The third kappa shape index (κ3) is 4.77. The molecule has 1 aliphatic carbocycles. The molecule has 1 rings (SSSR count). The van der Waals surface area contributed by atoms with Crippen LogP contribution in [-0.4, -0.2) is 47.8 Å². The lowest BCUT2D eigenvalue weighted by Crippen LogP contribution is -2.44. The van der Waals surface area contributed by atoms with E-state index < -0.39 is 0 Å². The Balaban J connectivity index is 2.40. The number of aliphatic hydroxyl groups excluding tert-OH is 1. The smallest absolute Gasteiger partial charge is 0.223 e. The molecule has 0 heterocycles. The average molecular weight is 271 g/mol. The first-order valence-corrected chi connectivity index (χ1v) is 7.68. The van der Waals surface area contributed by atoms with Crippen LogP contribution in [0.1, 0.15) is 52.9 Å². The largest absolute Gasteiger partial charge is 0.395 e. The number of nitrogens with zero attached hydrogens (tertiary/aromatic N) is 1. The number of aliphatic hydroxyl groups is 1. The molecule has 19 heavy (non-hydrogen) atoms. The molecule has 1 aliphatic rings. The van der Waals surface area contributed by atoms with Crippen LogP contribution in [0.25, 0.3) is 0 Å². The maximum Gasteiger partial charge on any atom is 0.223 e. The van der Waals surface area contributed by atoms with Crippen molar-refractivity contribution in [1.82, 2.24) is 4.90 Å². The van der Waals surface area contributed by atoms with E-state index in [0.717, 1.165) is 32.3 Å². The minimum atomic E-state index is 0.0501. The van der Waals surface area contributed by atoms with Gasteiger partial charge < -0.3 is 14.7 Å². The molecule has 0 atom stereocenters. The summed E-state index contributed by atoms with van der Waals surface area (Å²) in [6.45, 7) is 7.48. The molecule has 0 unspecified atom stereocenters. The highest BCUT2D eigenvalue weighted by atomic mass is 16.5. The van der Waals surface area contributed by atoms with Crippen LogP contribution >= 0.6 is 0 Å². The second-order valence-electron chi connectivity index (χ2n) is 5.40. The Morgan fingerprint density at radius 2 is 1.95 bits per heavy atom. The molecular formula is C15H29NO3. The van der Waals surface area contributed by atoms with Crippen LogP contribution in [0.3, 0.4) is 0 Å². The third-order valence-corrected chi connectivity index (χ3v) is 4.10. The standard InChI is InChI=1S/C15H29NO3/c1-4-13(5-2)16(7-8-17)15(18)11-12-9-14(10-12)19-6-3/h12-14,17H,4-11H2,1-3H3. The quantitative estimate of drug-likeness (QED) is 0.699. The number of hydrogen-bond donors (Lipinski definition) is 1. The molecule has 0 aromatic heterocycles. The Morgan fingerprint density at radius 1 is 1.32 bits per heavy atom. The van der Waals surface area contributed by atoms with Crippen LogP contribution in [0.2, 0.25) is 0 Å². The number of rotatable bonds is 9. The Morgan fingerprint density at radius 3 is 2.42 bits per heavy atom. The van der Waals surface area contributed by atoms with Crippen LogP contribution in [0, 0.1) is 5.92 Å². The summed E-state index contributed by atoms with van der Waals surface area (Å²) in [5, 5.41) is 9.13. The first-order valence-electron chi connectivity index (χ1n) is 7.68. The van der Waals surface area contributed by atoms with Gasteiger partial charge in [0, 0.05) is 25.6 Å². The van der Waals surface area contributed by atoms with Crippen molar-refractivity contribution in [3.05, 3.63) is 0 Å². The molecule has 1 fully saturated rings. The zero-order valence-electron chi connectivity index (χ0n) is 12.6. The highest BCUT2D eigenvalue weighted by Gasteiger charge is 2.33. The molecular weight excluding hydrogens is 242 g/mol. The predicted octanol–water partition coefficient (Wildman–Crippen LogP) is 2.20. The number of carbonyl (C=O) groups is 1. The normalized spacial score (nSPS) is 22.4. The van der Waals surface area contributed by atoms with Gasteiger partial charge >= 0.3 is 0 Å². The van der Waals surface area contributed by atoms with E-state index in [0.29, 0.717) is 25.0 Å². The van der Waals surface area contributed by atoms with Crippen LogP contribution in [0.15, 0.2) is 0 Å². The van der Waals surface area contributed by atoms with Gasteiger partial charge in [0.05, 0.1) is 12.7 Å². The Hall–Kier alpha value is -0.610. The van der Waals surface area contributed by atoms with E-state index in [2.05, 4.69) is 13.8 Å². The van der Waals surface area contributed by atoms with Gasteiger partial charge in [-0.25, -0.2) is 0 Å². The molecule has 0 saturated heterocycles. The Bertz CT molecular complexity index is 260. The van der Waals surface area contributed by atoms with E-state index in [1.165, 1.54) is 0 Å². The molecule has 0 spiro atoms. The molecule has 1 N–H and O–H groups in total. The van der Waals surface area contributed by atoms with E-state index in [1.54, 1.807) is 0 Å². The van der Waals surface area contributed by atoms with Gasteiger partial charge in [0.1, 0.15) is 0 Å². The van der Waals surface area contributed by atoms with E-state index >= 15 is 0 Å². The van der Waals surface area contributed by atoms with Gasteiger partial charge in [-0.2, -0.15) is 0 Å². The van der Waals surface area contributed by atoms with E-state index in [9.17, 15) is 4.79 Å². The highest BCUT2D eigenvalue weighted by molar-refractivity contribution is 5.77. The summed E-state index contributed by atoms with van der Waals surface area (Å²) >= 11 is 0. The molecule has 4 nitrogen and oxygen atoms in total. The SMILES string of the molecule is CCOC1CC(CC(=O)N(CCO)C(CC)CC)C1. The van der Waals surface area contributed by atoms with Gasteiger partial charge in [0.25, 0.3) is 0 Å². The maximum atomic E-state index is 12.3. The molecule has 0 aliphatic heterocycles. The second kappa shape index (κ2) is 8.54. The Labute approximate surface area is 117 Å². The van der Waals surface area contributed by atoms with Crippen LogP contribution in [0.5, 0.6) is 0 Å². The van der Waals surface area contributed by atoms with Gasteiger partial charge in [-0.15, -0.1) is 0 Å². The summed E-state index contributed by atoms with van der Waals surface area (Å²) in [6.07, 6.45) is 4.90. The van der Waals surface area contributed by atoms with E-state index in [1.807, 2.05) is 11.8 Å². The summed E-state index contributed by atoms with van der Waals surface area (Å²) < 4.78 is 5.52. The molecule has 112 valence electrons. The first-order chi connectivity index (χ1) is 9.15. The highest BCUT2D eigenvalue weighted by Crippen LogP contribution is 2.33. The average Bonchev–Trinajstić information content (AvgIpc) is 2.36. The van der Waals surface area contributed by atoms with Crippen LogP contribution in [-0.2, 0) is 9.53 Å². The monoisotopic (exact) mass is 271 g/mol. The van der Waals surface area contributed by atoms with Crippen molar-refractivity contribution in [2.24, 2.45) is 5.92 Å². The summed E-state index contributed by atoms with van der Waals surface area (Å²) in [4.78, 5) is 14.2. The number of ether oxygens (including phenoxy) is 1. The van der Waals surface area contributed by atoms with Crippen molar-refractivity contribution in [1.29, 1.82) is 0 Å². The van der Waals surface area contributed by atoms with E-state index in [-0.39, 0.29) is 18.6 Å². The summed E-state index contributed by atoms with van der Waals surface area (Å²) in [7, 11) is 0. The first kappa shape index (κ1) is 16.4. The van der Waals surface area contributed by atoms with Gasteiger partial charge in [-0.3, -0.25) is 4.79 Å². The molecule has 0 aromatic carbocycles. The van der Waals surface area contributed by atoms with Crippen molar-refractivity contribution >= 4 is 5.91 Å². The fourth-order valence-corrected chi connectivity index (χ4v) is 2.93. The zero-order valence-corrected chi connectivity index (χ0v) is 12.6. The fourth-order valence-electron chi connectivity index (χ4n) is 2.93. The molecule has 1 amide bonds. The number of hydrogen-bond acceptors (Lipinski definition) is 3. The van der Waals surface area contributed by atoms with Crippen molar-refractivity contribution < 1.29 is 14.6 Å². The molecule has 0 aromatic rings. The zero-order chi connectivity index (χ0) is 14.3. The van der Waals surface area contributed by atoms with Gasteiger partial charge in [-0.1, -0.05) is 13.8 Å². The Kier molecular flexibility index (Phi) is 7.39. The van der Waals surface area contributed by atoms with Crippen LogP contribution in [0.4, 0.5) is 0 Å². The number of amides is 1. The van der Waals surface area contributed by atoms with Crippen molar-refractivity contribution in [3.63, 3.8) is 0 Å². The molecule has 0 radical (unpaired) electrons. The van der Waals surface area contributed by atoms with Gasteiger partial charge in [0.2, 0.25) is 5.91 Å². The van der Waals surface area contributed by atoms with Crippen molar-refractivity contribution in [2.75, 3.05) is 19.8 Å². The fraction of sp³-hybridized carbons (Fsp3) is 0.933. The third-order valence-electron chi connectivity index (χ3n) is 4.10. The van der Waals surface area contributed by atoms with E-state index in [4.69, 9.17) is 9.84 Å². The van der Waals surface area contributed by atoms with Crippen molar-refractivity contribution in [3.8, 4) is 0 Å². The van der Waals surface area contributed by atoms with Crippen LogP contribution < -0.4 is 0 Å². The molecule has 1 saturated carbocycles. The lowest BCUT2D eigenvalue weighted by molar-refractivity contribution is -0.137. The predicted molar refractivity (Wildman–Crippen MR) is 75.9 cm³/mol. The topological polar surface area (TPSA) is 49.8 Å². The number of carbonyl (C=O) groups excluding carboxylic acids is 1. The lowest BCUT2D eigenvalue weighted by atomic mass is 9.79. The van der Waals surface area contributed by atoms with Crippen molar-refractivity contribution in [2.45, 2.75) is 65.0 Å².